The maximum Gasteiger partial charge on any atom is 0.119 e. The highest BCUT2D eigenvalue weighted by Crippen LogP contribution is 2.27. The molecule has 0 saturated heterocycles. The number of benzene rings is 1. The van der Waals surface area contributed by atoms with Crippen LogP contribution in [-0.2, 0) is 0 Å². The summed E-state index contributed by atoms with van der Waals surface area (Å²) in [5.74, 6) is 2.61. The van der Waals surface area contributed by atoms with Crippen molar-refractivity contribution in [1.82, 2.24) is 0 Å². The van der Waals surface area contributed by atoms with Crippen molar-refractivity contribution < 1.29 is 9.15 Å². The van der Waals surface area contributed by atoms with Crippen LogP contribution in [0.3, 0.4) is 0 Å². The third kappa shape index (κ3) is 2.57. The van der Waals surface area contributed by atoms with E-state index in [1.807, 2.05) is 51.1 Å². The van der Waals surface area contributed by atoms with Gasteiger partial charge in [0.15, 0.2) is 0 Å². The van der Waals surface area contributed by atoms with Crippen LogP contribution in [0.5, 0.6) is 5.75 Å². The first-order valence-corrected chi connectivity index (χ1v) is 6.17. The Bertz CT molecular complexity index is 531. The maximum atomic E-state index is 6.28. The Balaban J connectivity index is 2.30. The van der Waals surface area contributed by atoms with Crippen LogP contribution in [0.15, 0.2) is 34.7 Å². The number of furan rings is 1. The van der Waals surface area contributed by atoms with E-state index in [-0.39, 0.29) is 6.04 Å². The van der Waals surface area contributed by atoms with Crippen LogP contribution in [0.1, 0.15) is 35.6 Å². The Morgan fingerprint density at radius 3 is 2.67 bits per heavy atom. The van der Waals surface area contributed by atoms with Gasteiger partial charge in [-0.15, -0.1) is 0 Å². The number of nitrogens with two attached hydrogens (primary N) is 1. The van der Waals surface area contributed by atoms with Gasteiger partial charge in [-0.2, -0.15) is 0 Å². The highest BCUT2D eigenvalue weighted by molar-refractivity contribution is 5.37. The molecule has 0 aliphatic rings. The highest BCUT2D eigenvalue weighted by Gasteiger charge is 2.15. The zero-order valence-electron chi connectivity index (χ0n) is 11.1. The van der Waals surface area contributed by atoms with Crippen molar-refractivity contribution in [2.75, 3.05) is 6.61 Å². The molecule has 1 atom stereocenters. The average molecular weight is 245 g/mol. The molecular weight excluding hydrogens is 226 g/mol. The summed E-state index contributed by atoms with van der Waals surface area (Å²) in [4.78, 5) is 0. The second-order valence-electron chi connectivity index (χ2n) is 4.35. The predicted molar refractivity (Wildman–Crippen MR) is 71.8 cm³/mol. The van der Waals surface area contributed by atoms with Crippen LogP contribution in [-0.4, -0.2) is 6.61 Å². The van der Waals surface area contributed by atoms with E-state index in [9.17, 15) is 0 Å². The molecular formula is C15H19NO2. The molecule has 0 aliphatic heterocycles. The summed E-state index contributed by atoms with van der Waals surface area (Å²) in [6.45, 7) is 6.49. The van der Waals surface area contributed by atoms with E-state index in [0.29, 0.717) is 6.61 Å². The number of hydrogen-bond acceptors (Lipinski definition) is 3. The molecule has 0 amide bonds. The molecule has 1 heterocycles. The molecule has 2 aromatic rings. The summed E-state index contributed by atoms with van der Waals surface area (Å²) in [5.41, 5.74) is 8.34. The van der Waals surface area contributed by atoms with Crippen molar-refractivity contribution in [3.05, 3.63) is 53.0 Å². The first-order valence-electron chi connectivity index (χ1n) is 6.17. The second-order valence-corrected chi connectivity index (χ2v) is 4.35. The minimum Gasteiger partial charge on any atom is -0.494 e. The highest BCUT2D eigenvalue weighted by atomic mass is 16.5. The number of aryl methyl sites for hydroxylation is 2. The quantitative estimate of drug-likeness (QED) is 0.898. The van der Waals surface area contributed by atoms with Crippen LogP contribution in [0.4, 0.5) is 0 Å². The summed E-state index contributed by atoms with van der Waals surface area (Å²) >= 11 is 0. The summed E-state index contributed by atoms with van der Waals surface area (Å²) in [5, 5.41) is 0. The van der Waals surface area contributed by atoms with Gasteiger partial charge in [0.25, 0.3) is 0 Å². The number of rotatable bonds is 4. The van der Waals surface area contributed by atoms with Gasteiger partial charge in [0.1, 0.15) is 17.3 Å². The van der Waals surface area contributed by atoms with Crippen molar-refractivity contribution in [2.45, 2.75) is 26.8 Å². The lowest BCUT2D eigenvalue weighted by atomic mass is 10.00. The molecule has 0 aliphatic carbocycles. The van der Waals surface area contributed by atoms with E-state index in [1.165, 1.54) is 0 Å². The molecule has 0 radical (unpaired) electrons. The first kappa shape index (κ1) is 12.7. The standard InChI is InChI=1S/C15H19NO2/c1-4-17-13-7-5-6-12(9-13)15(16)14-8-10(2)18-11(14)3/h5-9,15H,4,16H2,1-3H3. The van der Waals surface area contributed by atoms with E-state index in [2.05, 4.69) is 0 Å². The summed E-state index contributed by atoms with van der Waals surface area (Å²) < 4.78 is 11.0. The fourth-order valence-electron chi connectivity index (χ4n) is 2.10. The van der Waals surface area contributed by atoms with Crippen molar-refractivity contribution >= 4 is 0 Å². The lowest BCUT2D eigenvalue weighted by molar-refractivity contribution is 0.340. The van der Waals surface area contributed by atoms with Gasteiger partial charge in [-0.1, -0.05) is 12.1 Å². The number of hydrogen-bond donors (Lipinski definition) is 1. The van der Waals surface area contributed by atoms with Gasteiger partial charge < -0.3 is 14.9 Å². The van der Waals surface area contributed by atoms with Gasteiger partial charge in [0.2, 0.25) is 0 Å². The van der Waals surface area contributed by atoms with Crippen LogP contribution >= 0.6 is 0 Å². The zero-order chi connectivity index (χ0) is 13.1. The molecule has 18 heavy (non-hydrogen) atoms. The lowest BCUT2D eigenvalue weighted by Gasteiger charge is -2.12. The monoisotopic (exact) mass is 245 g/mol. The Labute approximate surface area is 108 Å². The topological polar surface area (TPSA) is 48.4 Å². The van der Waals surface area contributed by atoms with E-state index in [1.54, 1.807) is 0 Å². The van der Waals surface area contributed by atoms with E-state index < -0.39 is 0 Å². The van der Waals surface area contributed by atoms with Gasteiger partial charge in [0, 0.05) is 5.56 Å². The Morgan fingerprint density at radius 2 is 2.06 bits per heavy atom. The zero-order valence-corrected chi connectivity index (χ0v) is 11.1. The molecule has 1 unspecified atom stereocenters. The maximum absolute atomic E-state index is 6.28. The SMILES string of the molecule is CCOc1cccc(C(N)c2cc(C)oc2C)c1. The third-order valence-corrected chi connectivity index (χ3v) is 2.94. The minimum atomic E-state index is -0.178. The normalized spacial score (nSPS) is 12.4. The number of ether oxygens (including phenoxy) is 1. The molecule has 1 aromatic heterocycles. The lowest BCUT2D eigenvalue weighted by Crippen LogP contribution is -2.12. The molecule has 3 heteroatoms. The van der Waals surface area contributed by atoms with Crippen molar-refractivity contribution in [3.63, 3.8) is 0 Å². The van der Waals surface area contributed by atoms with E-state index in [4.69, 9.17) is 14.9 Å². The average Bonchev–Trinajstić information content (AvgIpc) is 2.68. The summed E-state index contributed by atoms with van der Waals surface area (Å²) in [6, 6.07) is 9.70. The predicted octanol–water partition coefficient (Wildman–Crippen LogP) is 3.34. The molecule has 1 aromatic carbocycles. The Kier molecular flexibility index (Phi) is 3.72. The summed E-state index contributed by atoms with van der Waals surface area (Å²) in [6.07, 6.45) is 0. The van der Waals surface area contributed by atoms with Crippen molar-refractivity contribution in [3.8, 4) is 5.75 Å². The Morgan fingerprint density at radius 1 is 1.28 bits per heavy atom. The first-order chi connectivity index (χ1) is 8.61. The smallest absolute Gasteiger partial charge is 0.119 e. The van der Waals surface area contributed by atoms with Gasteiger partial charge in [-0.05, 0) is 44.5 Å². The molecule has 3 nitrogen and oxygen atoms in total. The fourth-order valence-corrected chi connectivity index (χ4v) is 2.10. The third-order valence-electron chi connectivity index (χ3n) is 2.94. The van der Waals surface area contributed by atoms with Crippen molar-refractivity contribution in [1.29, 1.82) is 0 Å². The van der Waals surface area contributed by atoms with E-state index in [0.717, 1.165) is 28.4 Å². The summed E-state index contributed by atoms with van der Waals surface area (Å²) in [7, 11) is 0. The largest absolute Gasteiger partial charge is 0.494 e. The molecule has 0 saturated carbocycles. The van der Waals surface area contributed by atoms with Crippen LogP contribution in [0.2, 0.25) is 0 Å². The molecule has 0 spiro atoms. The van der Waals surface area contributed by atoms with Crippen molar-refractivity contribution in [2.24, 2.45) is 5.73 Å². The Hall–Kier alpha value is -1.74. The van der Waals surface area contributed by atoms with Gasteiger partial charge in [-0.3, -0.25) is 0 Å². The van der Waals surface area contributed by atoms with Gasteiger partial charge >= 0.3 is 0 Å². The minimum absolute atomic E-state index is 0.178. The molecule has 0 bridgehead atoms. The van der Waals surface area contributed by atoms with E-state index >= 15 is 0 Å². The van der Waals surface area contributed by atoms with Crippen LogP contribution < -0.4 is 10.5 Å². The second kappa shape index (κ2) is 5.27. The van der Waals surface area contributed by atoms with Gasteiger partial charge in [0.05, 0.1) is 12.6 Å². The molecule has 2 rings (SSSR count). The van der Waals surface area contributed by atoms with Crippen LogP contribution in [0, 0.1) is 13.8 Å². The molecule has 96 valence electrons. The van der Waals surface area contributed by atoms with Gasteiger partial charge in [-0.25, -0.2) is 0 Å². The molecule has 2 N–H and O–H groups in total. The van der Waals surface area contributed by atoms with Crippen LogP contribution in [0.25, 0.3) is 0 Å². The molecule has 0 fully saturated rings. The fraction of sp³-hybridized carbons (Fsp3) is 0.333.